The predicted molar refractivity (Wildman–Crippen MR) is 375 cm³/mol. The summed E-state index contributed by atoms with van der Waals surface area (Å²) in [5, 5.41) is 75.2. The molecule has 0 amide bonds. The summed E-state index contributed by atoms with van der Waals surface area (Å²) in [4.78, 5) is 13.0. The minimum absolute atomic E-state index is 0. The van der Waals surface area contributed by atoms with Crippen molar-refractivity contribution in [2.45, 2.75) is 77.0 Å². The predicted octanol–water partition coefficient (Wildman–Crippen LogP) is 13.6. The van der Waals surface area contributed by atoms with Crippen molar-refractivity contribution in [3.05, 3.63) is 235 Å². The Labute approximate surface area is 578 Å². The van der Waals surface area contributed by atoms with Gasteiger partial charge in [-0.1, -0.05) is 39.7 Å². The Balaban J connectivity index is 0.000000146. The molecule has 0 bridgehead atoms. The molecule has 0 aromatic heterocycles. The molecule has 16 rings (SSSR count). The van der Waals surface area contributed by atoms with Gasteiger partial charge in [-0.3, -0.25) is 17.7 Å². The Morgan fingerprint density at radius 3 is 0.898 bits per heavy atom. The summed E-state index contributed by atoms with van der Waals surface area (Å²) in [5.74, 6) is 8.78. The van der Waals surface area contributed by atoms with Crippen LogP contribution >= 0.6 is 24.2 Å². The summed E-state index contributed by atoms with van der Waals surface area (Å²) >= 11 is 1.75. The van der Waals surface area contributed by atoms with Gasteiger partial charge in [-0.15, -0.1) is 12.4 Å². The van der Waals surface area contributed by atoms with E-state index in [1.165, 1.54) is 38.9 Å². The van der Waals surface area contributed by atoms with Crippen LogP contribution in [-0.4, -0.2) is 115 Å². The number of ether oxygens (including phenoxy) is 5. The molecule has 23 heteroatoms. The van der Waals surface area contributed by atoms with Gasteiger partial charge in [-0.25, -0.2) is 5.90 Å². The van der Waals surface area contributed by atoms with E-state index >= 15 is 0 Å². The molecule has 8 aromatic carbocycles. The average molecular weight is 1380 g/mol. The lowest BCUT2D eigenvalue weighted by Gasteiger charge is -2.22. The molecule has 17 nitrogen and oxygen atoms in total. The van der Waals surface area contributed by atoms with Gasteiger partial charge in [0.15, 0.2) is 5.78 Å². The summed E-state index contributed by atoms with van der Waals surface area (Å²) in [6, 6.07) is 46.2. The largest absolute Gasteiger partial charge is 0.762 e. The molecular formula is C75H79BClF3N4O13S. The second kappa shape index (κ2) is 30.6. The van der Waals surface area contributed by atoms with Crippen molar-refractivity contribution in [3.8, 4) is 46.0 Å². The van der Waals surface area contributed by atoms with Crippen LogP contribution in [0.4, 0.5) is 12.9 Å². The van der Waals surface area contributed by atoms with E-state index < -0.39 is 7.54 Å². The van der Waals surface area contributed by atoms with Gasteiger partial charge in [0.2, 0.25) is 0 Å². The molecule has 0 heterocycles. The number of methoxy groups -OCH3 is 5. The van der Waals surface area contributed by atoms with Crippen molar-refractivity contribution >= 4 is 54.6 Å². The fourth-order valence-electron chi connectivity index (χ4n) is 15.9. The number of nitrogens with two attached hydrogens (primary N) is 1. The van der Waals surface area contributed by atoms with E-state index in [9.17, 15) is 48.7 Å². The van der Waals surface area contributed by atoms with Crippen LogP contribution in [0.3, 0.4) is 0 Å². The number of carbonyl (C=O) groups is 1. The maximum atomic E-state index is 13.0. The van der Waals surface area contributed by atoms with Crippen molar-refractivity contribution in [2.75, 3.05) is 48.1 Å². The maximum Gasteiger partial charge on any atom is 0.762 e. The van der Waals surface area contributed by atoms with E-state index in [0.717, 1.165) is 167 Å². The first-order chi connectivity index (χ1) is 46.7. The molecule has 4 spiro atoms. The van der Waals surface area contributed by atoms with Gasteiger partial charge in [-0.2, -0.15) is 11.8 Å². The second-order valence-electron chi connectivity index (χ2n) is 25.7. The molecule has 0 fully saturated rings. The van der Waals surface area contributed by atoms with Crippen LogP contribution in [0.1, 0.15) is 93.8 Å². The molecule has 0 saturated heterocycles. The number of hydrogen-bond acceptors (Lipinski definition) is 18. The molecule has 514 valence electrons. The third-order valence-electron chi connectivity index (χ3n) is 19.9. The van der Waals surface area contributed by atoms with Crippen LogP contribution in [0, 0.1) is 21.7 Å². The van der Waals surface area contributed by atoms with Crippen LogP contribution in [0.5, 0.6) is 46.0 Å². The lowest BCUT2D eigenvalue weighted by molar-refractivity contribution is 0.0831. The molecular weight excluding hydrogens is 1300 g/mol. The number of thioether (sulfide) groups is 1. The summed E-state index contributed by atoms with van der Waals surface area (Å²) < 4.78 is 55.6. The van der Waals surface area contributed by atoms with Crippen molar-refractivity contribution in [1.82, 2.24) is 0 Å². The van der Waals surface area contributed by atoms with E-state index in [-0.39, 0.29) is 57.1 Å². The minimum Gasteiger partial charge on any atom is -0.508 e. The number of rotatable bonds is 5. The quantitative estimate of drug-likeness (QED) is 0.0452. The van der Waals surface area contributed by atoms with Crippen LogP contribution in [0.2, 0.25) is 0 Å². The number of ketones is 1. The Kier molecular flexibility index (Phi) is 22.8. The summed E-state index contributed by atoms with van der Waals surface area (Å²) in [6.07, 6.45) is 13.9. The normalized spacial score (nSPS) is 21.4. The molecule has 8 aliphatic carbocycles. The van der Waals surface area contributed by atoms with Crippen molar-refractivity contribution < 1.29 is 77.6 Å². The van der Waals surface area contributed by atoms with E-state index in [1.54, 1.807) is 77.6 Å². The number of fused-ring (bicyclic) bond motifs is 8. The van der Waals surface area contributed by atoms with Gasteiger partial charge in [-0.05, 0) is 278 Å². The molecule has 8 aliphatic rings. The highest BCUT2D eigenvalue weighted by atomic mass is 35.5. The van der Waals surface area contributed by atoms with Crippen LogP contribution < -0.4 is 29.6 Å². The Hall–Kier alpha value is -9.35. The molecule has 98 heavy (non-hydrogen) atoms. The number of phenols is 3. The fourth-order valence-corrected chi connectivity index (χ4v) is 15.9. The smallest absolute Gasteiger partial charge is 0.508 e. The number of phenolic OH excluding ortho intramolecular Hbond substituents is 3. The molecule has 0 radical (unpaired) electrons. The zero-order valence-electron chi connectivity index (χ0n) is 55.4. The lowest BCUT2D eigenvalue weighted by atomic mass is 9.80. The highest BCUT2D eigenvalue weighted by Gasteiger charge is 2.52. The highest BCUT2D eigenvalue weighted by molar-refractivity contribution is 7.97. The van der Waals surface area contributed by atoms with Crippen molar-refractivity contribution in [2.24, 2.45) is 43.0 Å². The van der Waals surface area contributed by atoms with Crippen LogP contribution in [0.15, 0.2) is 161 Å². The van der Waals surface area contributed by atoms with Gasteiger partial charge in [0.25, 0.3) is 0 Å². The summed E-state index contributed by atoms with van der Waals surface area (Å²) in [5.41, 5.74) is 19.4. The van der Waals surface area contributed by atoms with Crippen LogP contribution in [-0.2, 0) is 77.0 Å². The summed E-state index contributed by atoms with van der Waals surface area (Å²) in [6.45, 7) is 0. The monoisotopic (exact) mass is 1380 g/mol. The first-order valence-corrected chi connectivity index (χ1v) is 33.0. The molecule has 4 atom stereocenters. The zero-order valence-corrected chi connectivity index (χ0v) is 57.0. The number of nitrogens with zero attached hydrogens (tertiary/aromatic N) is 3. The topological polar surface area (TPSA) is 268 Å². The second-order valence-corrected chi connectivity index (χ2v) is 26.5. The molecule has 9 N–H and O–H groups in total. The van der Waals surface area contributed by atoms with E-state index in [0.29, 0.717) is 5.71 Å². The fraction of sp³-hybridized carbons (Fsp3) is 0.307. The standard InChI is InChI=1S/C19H19NO3.C19H18O3.C18H17NO3.C17H15NO3.C2H6S.BF3.ClH.H3NO/c1-22-15-4-3-12-9-19(10-13(12)7-15)11-14-8-16(23-2)5-6-17(14)18(19)20-21;1-21-15-4-3-12-9-19(10-13(12)7-15)11-14-8-16(22-2)5-6-17(14)18(19)20;1-22-15-4-5-16-13(7-15)10-18(17(16)19-21)8-11-2-3-14(20)6-12(11)9-18;19-13-2-1-10-7-17(8-11(10)5-13)9-12-6-14(20)3-4-15(12)16(17)18-21;1-3-2;2-1(3)4;;1-2/h3-8,21H,9-11H2,1-2H3;3-8H,9-11H2,1-2H3;2-7,20-21H,8-10H2,1H3;1-6,19-21H,7-9H2;1-2H3;;1H;2H,1H2/b20-18-;;19-17-;18-16-;;;;. The summed E-state index contributed by atoms with van der Waals surface area (Å²) in [7, 11) is 4.68. The average Bonchev–Trinajstić information content (AvgIpc) is 1.60. The third-order valence-corrected chi connectivity index (χ3v) is 19.9. The first-order valence-electron chi connectivity index (χ1n) is 31.3. The zero-order chi connectivity index (χ0) is 69.6. The Bertz CT molecular complexity index is 4360. The van der Waals surface area contributed by atoms with Gasteiger partial charge < -0.3 is 59.8 Å². The molecule has 4 unspecified atom stereocenters. The number of Topliss-reactive ketones (excluding diaryl/α,β-unsaturated/α-hetero) is 1. The number of halogens is 4. The molecule has 0 saturated carbocycles. The molecule has 0 aliphatic heterocycles. The van der Waals surface area contributed by atoms with Gasteiger partial charge in [0.05, 0.1) is 52.7 Å². The van der Waals surface area contributed by atoms with E-state index in [2.05, 4.69) is 51.7 Å². The van der Waals surface area contributed by atoms with Crippen molar-refractivity contribution in [3.63, 3.8) is 0 Å². The number of hydrogen-bond donors (Lipinski definition) is 8. The number of benzene rings is 8. The number of aromatic hydroxyl groups is 3. The lowest BCUT2D eigenvalue weighted by Crippen LogP contribution is -2.29. The Morgan fingerprint density at radius 1 is 0.357 bits per heavy atom. The third kappa shape index (κ3) is 14.3. The number of carbonyl (C=O) groups excluding carboxylic acids is 1. The molecule has 8 aromatic rings. The van der Waals surface area contributed by atoms with E-state index in [1.807, 2.05) is 97.4 Å². The van der Waals surface area contributed by atoms with E-state index in [4.69, 9.17) is 28.9 Å². The van der Waals surface area contributed by atoms with Gasteiger partial charge in [0, 0.05) is 43.9 Å². The van der Waals surface area contributed by atoms with Gasteiger partial charge >= 0.3 is 7.54 Å². The minimum atomic E-state index is -3.67. The Morgan fingerprint density at radius 2 is 0.561 bits per heavy atom. The first kappa shape index (κ1) is 72.9. The number of oxime groups is 3. The van der Waals surface area contributed by atoms with Gasteiger partial charge in [0.1, 0.15) is 46.0 Å². The van der Waals surface area contributed by atoms with Crippen LogP contribution in [0.25, 0.3) is 0 Å². The highest BCUT2D eigenvalue weighted by Crippen LogP contribution is 2.53. The SMILES string of the molecule is COc1ccc2c(c1)CC1(C2)Cc2cc(OC)ccc2/C1=N/O.COc1ccc2c(c1)CC1(C2)Cc2cc(OC)ccc2C1=O.COc1ccc2c(c1)CC1(Cc3ccc(O)cc3C1)/C2=N\O.CSC.Cl.FB(F)F.NO.O/N=C1/c2ccc(O)cc2CC12Cc1ccc(O)cc1C2. The van der Waals surface area contributed by atoms with Crippen molar-refractivity contribution in [1.29, 1.82) is 0 Å². The maximum absolute atomic E-state index is 13.0.